The lowest BCUT2D eigenvalue weighted by atomic mass is 10.1. The summed E-state index contributed by atoms with van der Waals surface area (Å²) < 4.78 is 10.1. The Bertz CT molecular complexity index is 375. The van der Waals surface area contributed by atoms with Crippen molar-refractivity contribution in [3.63, 3.8) is 0 Å². The molecule has 1 rings (SSSR count). The summed E-state index contributed by atoms with van der Waals surface area (Å²) in [6.45, 7) is 3.04. The van der Waals surface area contributed by atoms with Crippen LogP contribution in [0, 0.1) is 0 Å². The molecular formula is C14H21NO3. The second-order valence-electron chi connectivity index (χ2n) is 4.37. The Labute approximate surface area is 108 Å². The van der Waals surface area contributed by atoms with Gasteiger partial charge in [-0.1, -0.05) is 0 Å². The molecular weight excluding hydrogens is 230 g/mol. The van der Waals surface area contributed by atoms with Crippen molar-refractivity contribution in [2.75, 3.05) is 34.4 Å². The van der Waals surface area contributed by atoms with E-state index in [1.54, 1.807) is 38.5 Å². The van der Waals surface area contributed by atoms with Gasteiger partial charge in [0, 0.05) is 18.7 Å². The Hall–Kier alpha value is -1.39. The number of hydrogen-bond acceptors (Lipinski definition) is 4. The molecule has 18 heavy (non-hydrogen) atoms. The van der Waals surface area contributed by atoms with Gasteiger partial charge < -0.3 is 9.47 Å². The van der Waals surface area contributed by atoms with Gasteiger partial charge in [0.1, 0.15) is 5.75 Å². The van der Waals surface area contributed by atoms with E-state index in [-0.39, 0.29) is 11.8 Å². The van der Waals surface area contributed by atoms with Crippen LogP contribution in [0.2, 0.25) is 0 Å². The number of carbonyl (C=O) groups is 1. The summed E-state index contributed by atoms with van der Waals surface area (Å²) in [5.41, 5.74) is 0.701. The van der Waals surface area contributed by atoms with Crippen molar-refractivity contribution in [2.24, 2.45) is 0 Å². The highest BCUT2D eigenvalue weighted by atomic mass is 16.5. The van der Waals surface area contributed by atoms with Gasteiger partial charge in [-0.05, 0) is 38.2 Å². The van der Waals surface area contributed by atoms with E-state index in [0.29, 0.717) is 18.7 Å². The molecule has 0 N–H and O–H groups in total. The van der Waals surface area contributed by atoms with Gasteiger partial charge in [-0.2, -0.15) is 0 Å². The number of ketones is 1. The average molecular weight is 251 g/mol. The molecule has 0 aliphatic heterocycles. The van der Waals surface area contributed by atoms with Gasteiger partial charge in [0.2, 0.25) is 0 Å². The summed E-state index contributed by atoms with van der Waals surface area (Å²) in [6, 6.07) is 7.39. The fourth-order valence-electron chi connectivity index (χ4n) is 1.62. The lowest BCUT2D eigenvalue weighted by molar-refractivity contribution is 0.0841. The number of carbonyl (C=O) groups excluding carboxylic acids is 1. The van der Waals surface area contributed by atoms with Crippen LogP contribution >= 0.6 is 0 Å². The smallest absolute Gasteiger partial charge is 0.176 e. The molecule has 4 nitrogen and oxygen atoms in total. The quantitative estimate of drug-likeness (QED) is 0.693. The van der Waals surface area contributed by atoms with Crippen LogP contribution in [0.3, 0.4) is 0 Å². The highest BCUT2D eigenvalue weighted by molar-refractivity contribution is 5.97. The van der Waals surface area contributed by atoms with Gasteiger partial charge in [-0.25, -0.2) is 0 Å². The van der Waals surface area contributed by atoms with E-state index in [9.17, 15) is 4.79 Å². The molecule has 1 aromatic carbocycles. The second-order valence-corrected chi connectivity index (χ2v) is 4.37. The van der Waals surface area contributed by atoms with Gasteiger partial charge in [0.05, 0.1) is 20.3 Å². The molecule has 1 atom stereocenters. The number of hydrogen-bond donors (Lipinski definition) is 0. The van der Waals surface area contributed by atoms with E-state index in [1.165, 1.54) is 0 Å². The SMILES string of the molecule is COCC(C)N(C)CC(=O)c1ccc(OC)cc1. The first-order valence-corrected chi connectivity index (χ1v) is 5.95. The van der Waals surface area contributed by atoms with Crippen molar-refractivity contribution < 1.29 is 14.3 Å². The lowest BCUT2D eigenvalue weighted by Crippen LogP contribution is -2.36. The largest absolute Gasteiger partial charge is 0.497 e. The third kappa shape index (κ3) is 4.13. The Kier molecular flexibility index (Phi) is 5.82. The highest BCUT2D eigenvalue weighted by Gasteiger charge is 2.14. The number of nitrogens with zero attached hydrogens (tertiary/aromatic N) is 1. The number of benzene rings is 1. The van der Waals surface area contributed by atoms with Gasteiger partial charge in [-0.3, -0.25) is 9.69 Å². The summed E-state index contributed by atoms with van der Waals surface area (Å²) in [5, 5.41) is 0. The van der Waals surface area contributed by atoms with Crippen molar-refractivity contribution >= 4 is 5.78 Å². The number of Topliss-reactive ketones (excluding diaryl/α,β-unsaturated/α-hetero) is 1. The summed E-state index contributed by atoms with van der Waals surface area (Å²) >= 11 is 0. The Balaban J connectivity index is 2.58. The van der Waals surface area contributed by atoms with Crippen LogP contribution in [-0.4, -0.2) is 51.1 Å². The molecule has 0 fully saturated rings. The minimum absolute atomic E-state index is 0.100. The average Bonchev–Trinajstić information content (AvgIpc) is 2.39. The number of methoxy groups -OCH3 is 2. The molecule has 0 aliphatic carbocycles. The van der Waals surface area contributed by atoms with E-state index in [1.807, 2.05) is 18.9 Å². The topological polar surface area (TPSA) is 38.8 Å². The molecule has 0 saturated carbocycles. The van der Waals surface area contributed by atoms with Crippen molar-refractivity contribution in [3.8, 4) is 5.75 Å². The predicted molar refractivity (Wildman–Crippen MR) is 71.3 cm³/mol. The molecule has 0 saturated heterocycles. The Morgan fingerprint density at radius 2 is 1.89 bits per heavy atom. The van der Waals surface area contributed by atoms with Crippen LogP contribution < -0.4 is 4.74 Å². The third-order valence-corrected chi connectivity index (χ3v) is 2.97. The van der Waals surface area contributed by atoms with Crippen LogP contribution in [0.5, 0.6) is 5.75 Å². The standard InChI is InChI=1S/C14H21NO3/c1-11(10-17-3)15(2)9-14(16)12-5-7-13(18-4)8-6-12/h5-8,11H,9-10H2,1-4H3. The van der Waals surface area contributed by atoms with Gasteiger partial charge in [-0.15, -0.1) is 0 Å². The van der Waals surface area contributed by atoms with E-state index in [2.05, 4.69) is 0 Å². The van der Waals surface area contributed by atoms with Crippen molar-refractivity contribution in [3.05, 3.63) is 29.8 Å². The number of rotatable bonds is 7. The van der Waals surface area contributed by atoms with Crippen molar-refractivity contribution in [1.82, 2.24) is 4.90 Å². The Morgan fingerprint density at radius 3 is 2.39 bits per heavy atom. The fourth-order valence-corrected chi connectivity index (χ4v) is 1.62. The minimum Gasteiger partial charge on any atom is -0.497 e. The molecule has 4 heteroatoms. The molecule has 100 valence electrons. The Morgan fingerprint density at radius 1 is 1.28 bits per heavy atom. The summed E-state index contributed by atoms with van der Waals surface area (Å²) in [5.74, 6) is 0.857. The number of likely N-dealkylation sites (N-methyl/N-ethyl adjacent to an activating group) is 1. The molecule has 1 aromatic rings. The molecule has 0 aromatic heterocycles. The fraction of sp³-hybridized carbons (Fsp3) is 0.500. The first kappa shape index (κ1) is 14.7. The summed E-state index contributed by atoms with van der Waals surface area (Å²) in [4.78, 5) is 14.0. The normalized spacial score (nSPS) is 12.5. The highest BCUT2D eigenvalue weighted by Crippen LogP contribution is 2.12. The van der Waals surface area contributed by atoms with Gasteiger partial charge >= 0.3 is 0 Å². The first-order chi connectivity index (χ1) is 8.58. The predicted octanol–water partition coefficient (Wildman–Crippen LogP) is 1.84. The molecule has 0 spiro atoms. The zero-order chi connectivity index (χ0) is 13.5. The van der Waals surface area contributed by atoms with Gasteiger partial charge in [0.15, 0.2) is 5.78 Å². The van der Waals surface area contributed by atoms with E-state index < -0.39 is 0 Å². The molecule has 0 aliphatic rings. The van der Waals surface area contributed by atoms with Crippen LogP contribution in [0.15, 0.2) is 24.3 Å². The zero-order valence-electron chi connectivity index (χ0n) is 11.5. The second kappa shape index (κ2) is 7.13. The van der Waals surface area contributed by atoms with Crippen molar-refractivity contribution in [1.29, 1.82) is 0 Å². The summed E-state index contributed by atoms with van der Waals surface area (Å²) in [6.07, 6.45) is 0. The van der Waals surface area contributed by atoms with Crippen LogP contribution in [0.25, 0.3) is 0 Å². The maximum Gasteiger partial charge on any atom is 0.176 e. The molecule has 0 amide bonds. The van der Waals surface area contributed by atoms with Crippen LogP contribution in [0.1, 0.15) is 17.3 Å². The molecule has 0 heterocycles. The van der Waals surface area contributed by atoms with Gasteiger partial charge in [0.25, 0.3) is 0 Å². The number of ether oxygens (including phenoxy) is 2. The van der Waals surface area contributed by atoms with Crippen LogP contribution in [-0.2, 0) is 4.74 Å². The lowest BCUT2D eigenvalue weighted by Gasteiger charge is -2.23. The monoisotopic (exact) mass is 251 g/mol. The molecule has 1 unspecified atom stereocenters. The van der Waals surface area contributed by atoms with E-state index in [4.69, 9.17) is 9.47 Å². The van der Waals surface area contributed by atoms with E-state index in [0.717, 1.165) is 5.75 Å². The third-order valence-electron chi connectivity index (χ3n) is 2.97. The minimum atomic E-state index is 0.100. The van der Waals surface area contributed by atoms with E-state index >= 15 is 0 Å². The molecule has 0 radical (unpaired) electrons. The first-order valence-electron chi connectivity index (χ1n) is 5.95. The maximum atomic E-state index is 12.0. The van der Waals surface area contributed by atoms with Crippen molar-refractivity contribution in [2.45, 2.75) is 13.0 Å². The zero-order valence-corrected chi connectivity index (χ0v) is 11.5. The van der Waals surface area contributed by atoms with Crippen LogP contribution in [0.4, 0.5) is 0 Å². The maximum absolute atomic E-state index is 12.0. The summed E-state index contributed by atoms with van der Waals surface area (Å²) in [7, 11) is 5.19. The molecule has 0 bridgehead atoms.